The summed E-state index contributed by atoms with van der Waals surface area (Å²) in [6.45, 7) is 5.36. The fourth-order valence-electron chi connectivity index (χ4n) is 1.69. The van der Waals surface area contributed by atoms with Gasteiger partial charge in [-0.15, -0.1) is 0 Å². The molecule has 0 aliphatic heterocycles. The smallest absolute Gasteiger partial charge is 0.115 e. The van der Waals surface area contributed by atoms with Crippen LogP contribution in [0.4, 0.5) is 0 Å². The van der Waals surface area contributed by atoms with Crippen LogP contribution in [-0.4, -0.2) is 16.0 Å². The molecule has 0 aliphatic rings. The van der Waals surface area contributed by atoms with Crippen LogP contribution in [0.25, 0.3) is 0 Å². The Labute approximate surface area is 98.7 Å². The minimum absolute atomic E-state index is 0.581. The molecule has 1 atom stereocenters. The van der Waals surface area contributed by atoms with Crippen molar-refractivity contribution in [3.8, 4) is 0 Å². The Hall–Kier alpha value is -0.960. The van der Waals surface area contributed by atoms with Gasteiger partial charge in [-0.1, -0.05) is 32.6 Å². The lowest BCUT2D eigenvalue weighted by molar-refractivity contribution is 0.482. The highest BCUT2D eigenvalue weighted by atomic mass is 14.9. The summed E-state index contributed by atoms with van der Waals surface area (Å²) in [5.74, 6) is 0. The molecule has 1 N–H and O–H groups in total. The van der Waals surface area contributed by atoms with Gasteiger partial charge in [0.15, 0.2) is 0 Å². The molecule has 1 aromatic rings. The van der Waals surface area contributed by atoms with E-state index in [2.05, 4.69) is 29.1 Å². The molecule has 90 valence electrons. The second kappa shape index (κ2) is 8.22. The van der Waals surface area contributed by atoms with E-state index < -0.39 is 0 Å². The molecule has 16 heavy (non-hydrogen) atoms. The van der Waals surface area contributed by atoms with Crippen LogP contribution in [-0.2, 0) is 6.54 Å². The molecule has 1 rings (SSSR count). The van der Waals surface area contributed by atoms with Crippen molar-refractivity contribution in [3.63, 3.8) is 0 Å². The minimum Gasteiger partial charge on any atom is -0.310 e. The normalized spacial score (nSPS) is 12.6. The molecule has 1 unspecified atom stereocenters. The van der Waals surface area contributed by atoms with Crippen molar-refractivity contribution in [2.24, 2.45) is 0 Å². The lowest BCUT2D eigenvalue weighted by Gasteiger charge is -2.13. The maximum absolute atomic E-state index is 4.00. The molecular weight excluding hydrogens is 198 g/mol. The van der Waals surface area contributed by atoms with Gasteiger partial charge in [0.05, 0.1) is 0 Å². The third-order valence-corrected chi connectivity index (χ3v) is 2.76. The van der Waals surface area contributed by atoms with Crippen LogP contribution in [0.2, 0.25) is 0 Å². The number of nitrogens with zero attached hydrogens (tertiary/aromatic N) is 2. The van der Waals surface area contributed by atoms with E-state index in [4.69, 9.17) is 0 Å². The Kier molecular flexibility index (Phi) is 6.74. The monoisotopic (exact) mass is 221 g/mol. The number of rotatable bonds is 8. The molecule has 0 bridgehead atoms. The first-order valence-corrected chi connectivity index (χ1v) is 6.30. The first-order chi connectivity index (χ1) is 7.83. The number of aromatic nitrogens is 2. The number of unbranched alkanes of at least 4 members (excludes halogenated alkanes) is 3. The highest BCUT2D eigenvalue weighted by molar-refractivity contribution is 5.01. The highest BCUT2D eigenvalue weighted by Gasteiger charge is 2.01. The van der Waals surface area contributed by atoms with Crippen LogP contribution in [0.15, 0.2) is 18.7 Å². The van der Waals surface area contributed by atoms with E-state index in [1.807, 2.05) is 12.4 Å². The van der Waals surface area contributed by atoms with Gasteiger partial charge in [-0.2, -0.15) is 0 Å². The predicted octanol–water partition coefficient (Wildman–Crippen LogP) is 2.93. The third-order valence-electron chi connectivity index (χ3n) is 2.76. The zero-order chi connectivity index (χ0) is 11.6. The van der Waals surface area contributed by atoms with E-state index in [-0.39, 0.29) is 0 Å². The molecule has 0 radical (unpaired) electrons. The van der Waals surface area contributed by atoms with Crippen LogP contribution >= 0.6 is 0 Å². The van der Waals surface area contributed by atoms with Crippen LogP contribution in [0.5, 0.6) is 0 Å². The Bertz CT molecular complexity index is 261. The average Bonchev–Trinajstić information content (AvgIpc) is 2.33. The molecule has 3 heteroatoms. The van der Waals surface area contributed by atoms with Crippen LogP contribution in [0.3, 0.4) is 0 Å². The number of nitrogens with one attached hydrogen (secondary N) is 1. The first kappa shape index (κ1) is 13.1. The Morgan fingerprint density at radius 3 is 2.62 bits per heavy atom. The van der Waals surface area contributed by atoms with Crippen LogP contribution < -0.4 is 5.32 Å². The molecule has 1 heterocycles. The van der Waals surface area contributed by atoms with Gasteiger partial charge in [0.25, 0.3) is 0 Å². The summed E-state index contributed by atoms with van der Waals surface area (Å²) in [7, 11) is 0. The van der Waals surface area contributed by atoms with Gasteiger partial charge in [-0.25, -0.2) is 9.97 Å². The lowest BCUT2D eigenvalue weighted by atomic mass is 10.1. The molecule has 0 saturated heterocycles. The Morgan fingerprint density at radius 2 is 1.94 bits per heavy atom. The molecule has 0 aromatic carbocycles. The van der Waals surface area contributed by atoms with Crippen molar-refractivity contribution < 1.29 is 0 Å². The van der Waals surface area contributed by atoms with Gasteiger partial charge < -0.3 is 5.32 Å². The second-order valence-corrected chi connectivity index (χ2v) is 4.38. The van der Waals surface area contributed by atoms with E-state index in [9.17, 15) is 0 Å². The van der Waals surface area contributed by atoms with Gasteiger partial charge in [-0.05, 0) is 13.3 Å². The SMILES string of the molecule is CCCCCCC(C)NCc1cncnc1. The minimum atomic E-state index is 0.581. The first-order valence-electron chi connectivity index (χ1n) is 6.30. The van der Waals surface area contributed by atoms with Crippen molar-refractivity contribution in [1.82, 2.24) is 15.3 Å². The molecule has 3 nitrogen and oxygen atoms in total. The summed E-state index contributed by atoms with van der Waals surface area (Å²) < 4.78 is 0. The molecule has 1 aromatic heterocycles. The average molecular weight is 221 g/mol. The van der Waals surface area contributed by atoms with E-state index in [0.717, 1.165) is 12.1 Å². The highest BCUT2D eigenvalue weighted by Crippen LogP contribution is 2.05. The number of hydrogen-bond donors (Lipinski definition) is 1. The topological polar surface area (TPSA) is 37.8 Å². The molecule has 0 saturated carbocycles. The zero-order valence-corrected chi connectivity index (χ0v) is 10.4. The lowest BCUT2D eigenvalue weighted by Crippen LogP contribution is -2.25. The summed E-state index contributed by atoms with van der Waals surface area (Å²) in [6.07, 6.45) is 11.9. The fraction of sp³-hybridized carbons (Fsp3) is 0.692. The van der Waals surface area contributed by atoms with Gasteiger partial charge in [0.2, 0.25) is 0 Å². The van der Waals surface area contributed by atoms with Crippen LogP contribution in [0.1, 0.15) is 51.5 Å². The number of hydrogen-bond acceptors (Lipinski definition) is 3. The fourth-order valence-corrected chi connectivity index (χ4v) is 1.69. The van der Waals surface area contributed by atoms with E-state index in [1.54, 1.807) is 6.33 Å². The van der Waals surface area contributed by atoms with Gasteiger partial charge >= 0.3 is 0 Å². The Balaban J connectivity index is 2.08. The zero-order valence-electron chi connectivity index (χ0n) is 10.4. The summed E-state index contributed by atoms with van der Waals surface area (Å²) in [4.78, 5) is 8.00. The molecule has 0 aliphatic carbocycles. The van der Waals surface area contributed by atoms with Crippen LogP contribution in [0, 0.1) is 0 Å². The molecule has 0 fully saturated rings. The maximum atomic E-state index is 4.00. The van der Waals surface area contributed by atoms with Gasteiger partial charge in [0.1, 0.15) is 6.33 Å². The van der Waals surface area contributed by atoms with Crippen molar-refractivity contribution >= 4 is 0 Å². The van der Waals surface area contributed by atoms with E-state index in [0.29, 0.717) is 6.04 Å². The van der Waals surface area contributed by atoms with E-state index in [1.165, 1.54) is 32.1 Å². The van der Waals surface area contributed by atoms with Crippen molar-refractivity contribution in [1.29, 1.82) is 0 Å². The summed E-state index contributed by atoms with van der Waals surface area (Å²) in [5, 5.41) is 3.50. The molecule has 0 amide bonds. The quantitative estimate of drug-likeness (QED) is 0.686. The third kappa shape index (κ3) is 5.81. The molecular formula is C13H23N3. The van der Waals surface area contributed by atoms with Gasteiger partial charge in [-0.3, -0.25) is 0 Å². The van der Waals surface area contributed by atoms with Crippen molar-refractivity contribution in [3.05, 3.63) is 24.3 Å². The van der Waals surface area contributed by atoms with Crippen molar-refractivity contribution in [2.75, 3.05) is 0 Å². The Morgan fingerprint density at radius 1 is 1.19 bits per heavy atom. The summed E-state index contributed by atoms with van der Waals surface area (Å²) in [5.41, 5.74) is 1.16. The summed E-state index contributed by atoms with van der Waals surface area (Å²) in [6, 6.07) is 0.581. The predicted molar refractivity (Wildman–Crippen MR) is 67.1 cm³/mol. The van der Waals surface area contributed by atoms with Gasteiger partial charge in [0, 0.05) is 30.5 Å². The summed E-state index contributed by atoms with van der Waals surface area (Å²) >= 11 is 0. The largest absolute Gasteiger partial charge is 0.310 e. The molecule has 0 spiro atoms. The maximum Gasteiger partial charge on any atom is 0.115 e. The standard InChI is InChI=1S/C13H23N3/c1-3-4-5-6-7-12(2)16-10-13-8-14-11-15-9-13/h8-9,11-12,16H,3-7,10H2,1-2H3. The van der Waals surface area contributed by atoms with E-state index >= 15 is 0 Å². The second-order valence-electron chi connectivity index (χ2n) is 4.38. The van der Waals surface area contributed by atoms with Crippen molar-refractivity contribution in [2.45, 2.75) is 58.5 Å².